The number of likely N-dealkylation sites (N-methyl/N-ethyl adjacent to an activating group) is 1. The SMILES string of the molecule is CCNC(=O)[C@]1(Cc2ccccc2-c2ccc(F)cc2)CN(C(=O)c2cnccn2)CCO1. The number of carbonyl (C=O) groups is 2. The molecule has 1 fully saturated rings. The molecule has 1 aliphatic rings. The Hall–Kier alpha value is -3.65. The van der Waals surface area contributed by atoms with Gasteiger partial charge in [0.25, 0.3) is 11.8 Å². The van der Waals surface area contributed by atoms with Gasteiger partial charge in [0, 0.05) is 31.9 Å². The first-order valence-corrected chi connectivity index (χ1v) is 10.8. The minimum atomic E-state index is -1.28. The summed E-state index contributed by atoms with van der Waals surface area (Å²) in [6.45, 7) is 2.90. The van der Waals surface area contributed by atoms with Crippen molar-refractivity contribution >= 4 is 11.8 Å². The third kappa shape index (κ3) is 4.90. The lowest BCUT2D eigenvalue weighted by Gasteiger charge is -2.41. The van der Waals surface area contributed by atoms with Crippen LogP contribution in [0.3, 0.4) is 0 Å². The second-order valence-corrected chi connectivity index (χ2v) is 7.86. The van der Waals surface area contributed by atoms with Gasteiger partial charge in [-0.05, 0) is 35.7 Å². The molecule has 170 valence electrons. The van der Waals surface area contributed by atoms with Crippen LogP contribution in [0, 0.1) is 5.82 Å². The summed E-state index contributed by atoms with van der Waals surface area (Å²) in [6, 6.07) is 13.9. The van der Waals surface area contributed by atoms with Gasteiger partial charge in [0.15, 0.2) is 5.60 Å². The van der Waals surface area contributed by atoms with E-state index in [2.05, 4.69) is 15.3 Å². The Morgan fingerprint density at radius 2 is 1.94 bits per heavy atom. The van der Waals surface area contributed by atoms with E-state index < -0.39 is 5.60 Å². The van der Waals surface area contributed by atoms with Crippen molar-refractivity contribution in [3.8, 4) is 11.1 Å². The molecule has 1 aliphatic heterocycles. The Kier molecular flexibility index (Phi) is 6.74. The fourth-order valence-corrected chi connectivity index (χ4v) is 4.07. The van der Waals surface area contributed by atoms with Crippen molar-refractivity contribution < 1.29 is 18.7 Å². The maximum atomic E-state index is 13.5. The number of benzene rings is 2. The summed E-state index contributed by atoms with van der Waals surface area (Å²) >= 11 is 0. The second-order valence-electron chi connectivity index (χ2n) is 7.86. The van der Waals surface area contributed by atoms with Crippen LogP contribution in [-0.2, 0) is 16.0 Å². The maximum absolute atomic E-state index is 13.5. The molecule has 7 nitrogen and oxygen atoms in total. The fraction of sp³-hybridized carbons (Fsp3) is 0.280. The first-order chi connectivity index (χ1) is 16.0. The quantitative estimate of drug-likeness (QED) is 0.627. The number of ether oxygens (including phenoxy) is 1. The van der Waals surface area contributed by atoms with Gasteiger partial charge in [-0.15, -0.1) is 0 Å². The number of rotatable bonds is 6. The predicted octanol–water partition coefficient (Wildman–Crippen LogP) is 2.87. The largest absolute Gasteiger partial charge is 0.361 e. The van der Waals surface area contributed by atoms with E-state index in [1.807, 2.05) is 31.2 Å². The fourth-order valence-electron chi connectivity index (χ4n) is 4.07. The van der Waals surface area contributed by atoms with Crippen molar-refractivity contribution in [1.29, 1.82) is 0 Å². The van der Waals surface area contributed by atoms with Gasteiger partial charge in [0.2, 0.25) is 0 Å². The van der Waals surface area contributed by atoms with Gasteiger partial charge < -0.3 is 15.0 Å². The second kappa shape index (κ2) is 9.87. The van der Waals surface area contributed by atoms with Gasteiger partial charge in [0.05, 0.1) is 19.3 Å². The number of hydrogen-bond donors (Lipinski definition) is 1. The highest BCUT2D eigenvalue weighted by molar-refractivity contribution is 5.93. The summed E-state index contributed by atoms with van der Waals surface area (Å²) in [6.07, 6.45) is 4.62. The first-order valence-electron chi connectivity index (χ1n) is 10.8. The maximum Gasteiger partial charge on any atom is 0.274 e. The van der Waals surface area contributed by atoms with E-state index in [0.29, 0.717) is 13.1 Å². The van der Waals surface area contributed by atoms with E-state index in [9.17, 15) is 14.0 Å². The van der Waals surface area contributed by atoms with Crippen LogP contribution in [0.1, 0.15) is 23.0 Å². The van der Waals surface area contributed by atoms with E-state index in [-0.39, 0.29) is 42.9 Å². The lowest BCUT2D eigenvalue weighted by Crippen LogP contribution is -2.62. The summed E-state index contributed by atoms with van der Waals surface area (Å²) in [5.41, 5.74) is 1.52. The van der Waals surface area contributed by atoms with Crippen molar-refractivity contribution in [3.05, 3.63) is 84.2 Å². The third-order valence-corrected chi connectivity index (χ3v) is 5.66. The third-order valence-electron chi connectivity index (χ3n) is 5.66. The number of morpholine rings is 1. The number of amides is 2. The monoisotopic (exact) mass is 448 g/mol. The van der Waals surface area contributed by atoms with E-state index >= 15 is 0 Å². The van der Waals surface area contributed by atoms with Gasteiger partial charge in [-0.25, -0.2) is 9.37 Å². The summed E-state index contributed by atoms with van der Waals surface area (Å²) < 4.78 is 19.6. The Morgan fingerprint density at radius 3 is 2.67 bits per heavy atom. The van der Waals surface area contributed by atoms with Crippen LogP contribution >= 0.6 is 0 Å². The summed E-state index contributed by atoms with van der Waals surface area (Å²) in [7, 11) is 0. The highest BCUT2D eigenvalue weighted by Gasteiger charge is 2.45. The molecule has 2 amide bonds. The van der Waals surface area contributed by atoms with E-state index in [1.165, 1.54) is 30.7 Å². The zero-order valence-electron chi connectivity index (χ0n) is 18.3. The molecule has 2 heterocycles. The average molecular weight is 448 g/mol. The number of carbonyl (C=O) groups excluding carboxylic acids is 2. The first kappa shape index (κ1) is 22.5. The van der Waals surface area contributed by atoms with Crippen LogP contribution in [0.15, 0.2) is 67.1 Å². The molecule has 4 rings (SSSR count). The van der Waals surface area contributed by atoms with Gasteiger partial charge >= 0.3 is 0 Å². The molecule has 1 saturated heterocycles. The molecule has 0 unspecified atom stereocenters. The van der Waals surface area contributed by atoms with Crippen LogP contribution in [0.25, 0.3) is 11.1 Å². The minimum absolute atomic E-state index is 0.0754. The summed E-state index contributed by atoms with van der Waals surface area (Å²) in [5.74, 6) is -0.897. The lowest BCUT2D eigenvalue weighted by molar-refractivity contribution is -0.157. The number of hydrogen-bond acceptors (Lipinski definition) is 5. The van der Waals surface area contributed by atoms with Crippen molar-refractivity contribution in [2.45, 2.75) is 18.9 Å². The topological polar surface area (TPSA) is 84.4 Å². The number of aromatic nitrogens is 2. The van der Waals surface area contributed by atoms with Crippen LogP contribution < -0.4 is 5.32 Å². The number of nitrogens with one attached hydrogen (secondary N) is 1. The molecular weight excluding hydrogens is 423 g/mol. The summed E-state index contributed by atoms with van der Waals surface area (Å²) in [4.78, 5) is 36.0. The van der Waals surface area contributed by atoms with Crippen molar-refractivity contribution in [1.82, 2.24) is 20.2 Å². The minimum Gasteiger partial charge on any atom is -0.361 e. The Labute approximate surface area is 191 Å². The standard InChI is InChI=1S/C25H25FN4O3/c1-2-28-24(32)25(17-30(13-14-33-25)23(31)22-16-27-11-12-29-22)15-19-5-3-4-6-21(19)18-7-9-20(26)10-8-18/h3-12,16H,2,13-15,17H2,1H3,(H,28,32)/t25-/m0/s1. The van der Waals surface area contributed by atoms with Gasteiger partial charge in [-0.2, -0.15) is 0 Å². The van der Waals surface area contributed by atoms with Crippen LogP contribution in [0.5, 0.6) is 0 Å². The van der Waals surface area contributed by atoms with Gasteiger partial charge in [0.1, 0.15) is 11.5 Å². The molecule has 1 N–H and O–H groups in total. The molecule has 0 aliphatic carbocycles. The smallest absolute Gasteiger partial charge is 0.274 e. The van der Waals surface area contributed by atoms with Crippen LogP contribution in [-0.4, -0.2) is 58.5 Å². The van der Waals surface area contributed by atoms with Gasteiger partial charge in [-0.1, -0.05) is 36.4 Å². The number of nitrogens with zero attached hydrogens (tertiary/aromatic N) is 3. The molecule has 1 atom stereocenters. The van der Waals surface area contributed by atoms with Crippen molar-refractivity contribution in [2.75, 3.05) is 26.2 Å². The summed E-state index contributed by atoms with van der Waals surface area (Å²) in [5, 5.41) is 2.86. The molecule has 8 heteroatoms. The molecule has 1 aromatic heterocycles. The highest BCUT2D eigenvalue weighted by atomic mass is 19.1. The van der Waals surface area contributed by atoms with Crippen molar-refractivity contribution in [2.24, 2.45) is 0 Å². The van der Waals surface area contributed by atoms with Crippen molar-refractivity contribution in [3.63, 3.8) is 0 Å². The van der Waals surface area contributed by atoms with E-state index in [4.69, 9.17) is 4.74 Å². The Balaban J connectivity index is 1.68. The molecular formula is C25H25FN4O3. The van der Waals surface area contributed by atoms with Crippen LogP contribution in [0.2, 0.25) is 0 Å². The zero-order chi connectivity index (χ0) is 23.3. The molecule has 2 aromatic carbocycles. The van der Waals surface area contributed by atoms with E-state index in [0.717, 1.165) is 16.7 Å². The molecule has 0 bridgehead atoms. The van der Waals surface area contributed by atoms with E-state index in [1.54, 1.807) is 17.0 Å². The average Bonchev–Trinajstić information content (AvgIpc) is 2.85. The van der Waals surface area contributed by atoms with Gasteiger partial charge in [-0.3, -0.25) is 14.6 Å². The highest BCUT2D eigenvalue weighted by Crippen LogP contribution is 2.31. The molecule has 0 radical (unpaired) electrons. The lowest BCUT2D eigenvalue weighted by atomic mass is 9.87. The molecule has 0 spiro atoms. The Bertz CT molecular complexity index is 1120. The zero-order valence-corrected chi connectivity index (χ0v) is 18.3. The molecule has 0 saturated carbocycles. The Morgan fingerprint density at radius 1 is 1.15 bits per heavy atom. The predicted molar refractivity (Wildman–Crippen MR) is 121 cm³/mol. The number of halogens is 1. The molecule has 33 heavy (non-hydrogen) atoms. The van der Waals surface area contributed by atoms with Crippen LogP contribution in [0.4, 0.5) is 4.39 Å². The normalized spacial score (nSPS) is 18.1. The molecule has 3 aromatic rings.